The molecule has 0 spiro atoms. The minimum atomic E-state index is -0.385. The van der Waals surface area contributed by atoms with Crippen LogP contribution in [-0.2, 0) is 33.7 Å². The van der Waals surface area contributed by atoms with E-state index in [4.69, 9.17) is 9.72 Å². The average molecular weight is 549 g/mol. The number of aryl methyl sites for hydroxylation is 1. The van der Waals surface area contributed by atoms with E-state index in [1.54, 1.807) is 30.5 Å². The van der Waals surface area contributed by atoms with Crippen molar-refractivity contribution >= 4 is 23.1 Å². The first-order chi connectivity index (χ1) is 19.3. The van der Waals surface area contributed by atoms with Crippen LogP contribution in [0.5, 0.6) is 0 Å². The van der Waals surface area contributed by atoms with Crippen molar-refractivity contribution in [2.45, 2.75) is 71.4 Å². The third kappa shape index (κ3) is 4.45. The number of amides is 1. The lowest BCUT2D eigenvalue weighted by atomic mass is 9.81. The SMILES string of the molecule is CCCc1c(C(C=O)CC)cc2n(c1=O)Cc1c-2nc2cc(F)c(C)c3c2c1C(N(C)C(=O)COCNC)CC3. The van der Waals surface area contributed by atoms with Gasteiger partial charge in [-0.3, -0.25) is 14.9 Å². The summed E-state index contributed by atoms with van der Waals surface area (Å²) in [5.41, 5.74) is 6.42. The number of hydrogen-bond donors (Lipinski definition) is 1. The summed E-state index contributed by atoms with van der Waals surface area (Å²) in [6.07, 6.45) is 4.10. The zero-order valence-electron chi connectivity index (χ0n) is 23.9. The predicted octanol–water partition coefficient (Wildman–Crippen LogP) is 4.16. The third-order valence-electron chi connectivity index (χ3n) is 8.58. The molecule has 1 aliphatic carbocycles. The van der Waals surface area contributed by atoms with Gasteiger partial charge in [0.15, 0.2) is 0 Å². The monoisotopic (exact) mass is 548 g/mol. The molecule has 1 aliphatic heterocycles. The molecule has 0 radical (unpaired) electrons. The lowest BCUT2D eigenvalue weighted by Gasteiger charge is -2.35. The van der Waals surface area contributed by atoms with Crippen LogP contribution in [0.3, 0.4) is 0 Å². The fraction of sp³-hybridized carbons (Fsp3) is 0.484. The molecular formula is C31H37FN4O4. The number of halogens is 1. The van der Waals surface area contributed by atoms with E-state index in [1.165, 1.54) is 6.07 Å². The molecule has 9 heteroatoms. The number of aromatic nitrogens is 2. The molecule has 0 saturated carbocycles. The van der Waals surface area contributed by atoms with Gasteiger partial charge in [-0.15, -0.1) is 0 Å². The molecule has 40 heavy (non-hydrogen) atoms. The number of pyridine rings is 2. The zero-order chi connectivity index (χ0) is 28.7. The Kier molecular flexibility index (Phi) is 7.88. The second-order valence-corrected chi connectivity index (χ2v) is 10.9. The standard InChI is InChI=1S/C31H37FN4O4/c1-6-8-20-21(18(7-2)14-37)11-26-30-22(13-36(26)31(20)39)29-25(35(5)27(38)15-40-16-33-4)10-9-19-17(3)23(32)12-24(34-30)28(19)29/h11-12,14,18,25,33H,6-10,13,15-16H2,1-5H3. The Morgan fingerprint density at radius 2 is 2.10 bits per heavy atom. The van der Waals surface area contributed by atoms with Crippen molar-refractivity contribution < 1.29 is 18.7 Å². The van der Waals surface area contributed by atoms with Gasteiger partial charge < -0.3 is 19.0 Å². The fourth-order valence-electron chi connectivity index (χ4n) is 6.46. The van der Waals surface area contributed by atoms with Crippen molar-refractivity contribution in [3.05, 3.63) is 61.7 Å². The molecule has 3 aromatic rings. The highest BCUT2D eigenvalue weighted by Crippen LogP contribution is 2.46. The Balaban J connectivity index is 1.75. The zero-order valence-corrected chi connectivity index (χ0v) is 23.9. The molecule has 0 saturated heterocycles. The molecule has 2 aliphatic rings. The average Bonchev–Trinajstić information content (AvgIpc) is 3.32. The molecule has 3 heterocycles. The Bertz CT molecular complexity index is 1560. The number of ether oxygens (including phenoxy) is 1. The highest BCUT2D eigenvalue weighted by atomic mass is 19.1. The number of rotatable bonds is 10. The maximum Gasteiger partial charge on any atom is 0.254 e. The van der Waals surface area contributed by atoms with Crippen LogP contribution in [0.2, 0.25) is 0 Å². The lowest BCUT2D eigenvalue weighted by molar-refractivity contribution is -0.137. The third-order valence-corrected chi connectivity index (χ3v) is 8.58. The number of fused-ring (bicyclic) bond motifs is 4. The summed E-state index contributed by atoms with van der Waals surface area (Å²) >= 11 is 0. The second kappa shape index (κ2) is 11.2. The normalized spacial score (nSPS) is 16.1. The molecule has 8 nitrogen and oxygen atoms in total. The van der Waals surface area contributed by atoms with Crippen LogP contribution < -0.4 is 10.9 Å². The first-order valence-electron chi connectivity index (χ1n) is 14.1. The van der Waals surface area contributed by atoms with Crippen LogP contribution in [-0.4, -0.2) is 54.1 Å². The quantitative estimate of drug-likeness (QED) is 0.182. The molecule has 2 unspecified atom stereocenters. The predicted molar refractivity (Wildman–Crippen MR) is 152 cm³/mol. The van der Waals surface area contributed by atoms with Gasteiger partial charge in [0.05, 0.1) is 36.2 Å². The van der Waals surface area contributed by atoms with Crippen molar-refractivity contribution in [2.24, 2.45) is 0 Å². The van der Waals surface area contributed by atoms with E-state index in [9.17, 15) is 14.4 Å². The summed E-state index contributed by atoms with van der Waals surface area (Å²) in [5.74, 6) is -0.854. The summed E-state index contributed by atoms with van der Waals surface area (Å²) < 4.78 is 22.3. The lowest BCUT2D eigenvalue weighted by Crippen LogP contribution is -2.37. The number of benzene rings is 1. The number of nitrogens with zero attached hydrogens (tertiary/aromatic N) is 3. The van der Waals surface area contributed by atoms with Crippen molar-refractivity contribution in [3.63, 3.8) is 0 Å². The van der Waals surface area contributed by atoms with Crippen molar-refractivity contribution in [2.75, 3.05) is 27.4 Å². The highest BCUT2D eigenvalue weighted by Gasteiger charge is 2.37. The van der Waals surface area contributed by atoms with E-state index in [0.717, 1.165) is 40.3 Å². The maximum absolute atomic E-state index is 15.1. The van der Waals surface area contributed by atoms with Crippen LogP contribution >= 0.6 is 0 Å². The Morgan fingerprint density at radius 1 is 1.32 bits per heavy atom. The topological polar surface area (TPSA) is 93.5 Å². The summed E-state index contributed by atoms with van der Waals surface area (Å²) in [7, 11) is 3.52. The van der Waals surface area contributed by atoms with Gasteiger partial charge in [0.25, 0.3) is 5.56 Å². The Labute approximate surface area is 233 Å². The van der Waals surface area contributed by atoms with Gasteiger partial charge in [-0.05, 0) is 68.0 Å². The number of likely N-dealkylation sites (N-methyl/N-ethyl adjacent to an activating group) is 1. The van der Waals surface area contributed by atoms with Crippen LogP contribution in [0, 0.1) is 12.7 Å². The minimum Gasteiger partial charge on any atom is -0.357 e. The van der Waals surface area contributed by atoms with Gasteiger partial charge >= 0.3 is 0 Å². The van der Waals surface area contributed by atoms with Crippen LogP contribution in [0.4, 0.5) is 4.39 Å². The Hall–Kier alpha value is -3.43. The molecule has 1 amide bonds. The molecule has 2 aromatic heterocycles. The van der Waals surface area contributed by atoms with E-state index in [2.05, 4.69) is 5.32 Å². The molecule has 2 atom stereocenters. The number of carbonyl (C=O) groups is 2. The van der Waals surface area contributed by atoms with E-state index in [1.807, 2.05) is 19.9 Å². The molecule has 5 rings (SSSR count). The first-order valence-corrected chi connectivity index (χ1v) is 14.1. The van der Waals surface area contributed by atoms with Gasteiger partial charge in [-0.2, -0.15) is 0 Å². The maximum atomic E-state index is 15.1. The fourth-order valence-corrected chi connectivity index (χ4v) is 6.46. The number of aldehydes is 1. The number of hydrogen-bond acceptors (Lipinski definition) is 6. The van der Waals surface area contributed by atoms with Crippen molar-refractivity contribution in [1.29, 1.82) is 0 Å². The van der Waals surface area contributed by atoms with Gasteiger partial charge in [-0.1, -0.05) is 20.3 Å². The van der Waals surface area contributed by atoms with E-state index >= 15 is 4.39 Å². The van der Waals surface area contributed by atoms with Gasteiger partial charge in [0.1, 0.15) is 18.7 Å². The first kappa shape index (κ1) is 28.1. The molecule has 1 N–H and O–H groups in total. The largest absolute Gasteiger partial charge is 0.357 e. The van der Waals surface area contributed by atoms with E-state index in [-0.39, 0.29) is 42.6 Å². The van der Waals surface area contributed by atoms with E-state index in [0.29, 0.717) is 60.3 Å². The molecular weight excluding hydrogens is 511 g/mol. The van der Waals surface area contributed by atoms with E-state index < -0.39 is 0 Å². The highest BCUT2D eigenvalue weighted by molar-refractivity contribution is 5.93. The van der Waals surface area contributed by atoms with Gasteiger partial charge in [0.2, 0.25) is 5.91 Å². The second-order valence-electron chi connectivity index (χ2n) is 10.9. The van der Waals surface area contributed by atoms with Gasteiger partial charge in [0, 0.05) is 35.5 Å². The van der Waals surface area contributed by atoms with Crippen molar-refractivity contribution in [1.82, 2.24) is 19.8 Å². The van der Waals surface area contributed by atoms with Crippen LogP contribution in [0.1, 0.15) is 78.5 Å². The van der Waals surface area contributed by atoms with Crippen LogP contribution in [0.15, 0.2) is 16.9 Å². The summed E-state index contributed by atoms with van der Waals surface area (Å²) in [4.78, 5) is 45.7. The van der Waals surface area contributed by atoms with Gasteiger partial charge in [-0.25, -0.2) is 9.37 Å². The minimum absolute atomic E-state index is 0.0624. The molecule has 0 bridgehead atoms. The summed E-state index contributed by atoms with van der Waals surface area (Å²) in [6.45, 7) is 6.27. The molecule has 212 valence electrons. The molecule has 1 aromatic carbocycles. The smallest absolute Gasteiger partial charge is 0.254 e. The summed E-state index contributed by atoms with van der Waals surface area (Å²) in [6, 6.07) is 3.13. The number of carbonyl (C=O) groups excluding carboxylic acids is 2. The van der Waals surface area contributed by atoms with Crippen molar-refractivity contribution in [3.8, 4) is 11.4 Å². The van der Waals surface area contributed by atoms with Crippen LogP contribution in [0.25, 0.3) is 22.3 Å². The summed E-state index contributed by atoms with van der Waals surface area (Å²) in [5, 5.41) is 3.75. The Morgan fingerprint density at radius 3 is 2.77 bits per heavy atom. The molecule has 0 fully saturated rings. The number of nitrogens with one attached hydrogen (secondary N) is 1.